The quantitative estimate of drug-likeness (QED) is 0.921. The zero-order valence-electron chi connectivity index (χ0n) is 14.6. The van der Waals surface area contributed by atoms with E-state index in [0.717, 1.165) is 44.6 Å². The van der Waals surface area contributed by atoms with E-state index in [1.165, 1.54) is 12.8 Å². The highest BCUT2D eigenvalue weighted by Crippen LogP contribution is 2.24. The van der Waals surface area contributed by atoms with Crippen LogP contribution in [0.4, 0.5) is 4.79 Å². The fraction of sp³-hybridized carbons (Fsp3) is 0.632. The molecule has 1 heterocycles. The summed E-state index contributed by atoms with van der Waals surface area (Å²) in [7, 11) is 2.19. The van der Waals surface area contributed by atoms with Crippen LogP contribution in [0.3, 0.4) is 0 Å². The van der Waals surface area contributed by atoms with Gasteiger partial charge in [0.25, 0.3) is 0 Å². The van der Waals surface area contributed by atoms with Crippen LogP contribution in [0.25, 0.3) is 0 Å². The number of amides is 1. The van der Waals surface area contributed by atoms with Gasteiger partial charge in [-0.2, -0.15) is 0 Å². The van der Waals surface area contributed by atoms with E-state index in [4.69, 9.17) is 4.74 Å². The van der Waals surface area contributed by atoms with Crippen LogP contribution >= 0.6 is 0 Å². The Morgan fingerprint density at radius 3 is 2.67 bits per heavy atom. The molecule has 1 N–H and O–H groups in total. The first-order valence-electron chi connectivity index (χ1n) is 9.10. The Hall–Kier alpha value is -1.59. The number of alkyl carbamates (subject to hydrolysis) is 1. The van der Waals surface area contributed by atoms with Gasteiger partial charge in [0.15, 0.2) is 0 Å². The van der Waals surface area contributed by atoms with Gasteiger partial charge in [0, 0.05) is 38.3 Å². The summed E-state index contributed by atoms with van der Waals surface area (Å²) >= 11 is 0. The lowest BCUT2D eigenvalue weighted by molar-refractivity contribution is 0.0794. The van der Waals surface area contributed by atoms with Crippen LogP contribution < -0.4 is 5.32 Å². The Balaban J connectivity index is 1.42. The molecule has 1 saturated carbocycles. The topological polar surface area (TPSA) is 44.8 Å². The van der Waals surface area contributed by atoms with Gasteiger partial charge in [-0.3, -0.25) is 4.90 Å². The normalized spacial score (nSPS) is 26.0. The maximum Gasteiger partial charge on any atom is 0.407 e. The first kappa shape index (κ1) is 17.2. The van der Waals surface area contributed by atoms with Crippen molar-refractivity contribution in [2.45, 2.75) is 44.4 Å². The van der Waals surface area contributed by atoms with Gasteiger partial charge in [-0.05, 0) is 38.3 Å². The van der Waals surface area contributed by atoms with Gasteiger partial charge in [-0.25, -0.2) is 4.79 Å². The van der Waals surface area contributed by atoms with Gasteiger partial charge >= 0.3 is 6.09 Å². The van der Waals surface area contributed by atoms with E-state index >= 15 is 0 Å². The molecule has 0 bridgehead atoms. The molecule has 1 aromatic carbocycles. The monoisotopic (exact) mass is 331 g/mol. The molecule has 0 spiro atoms. The number of nitrogens with zero attached hydrogens (tertiary/aromatic N) is 2. The van der Waals surface area contributed by atoms with E-state index in [1.807, 2.05) is 30.3 Å². The molecule has 1 aliphatic carbocycles. The van der Waals surface area contributed by atoms with Gasteiger partial charge in [0.2, 0.25) is 0 Å². The van der Waals surface area contributed by atoms with E-state index in [2.05, 4.69) is 22.2 Å². The summed E-state index contributed by atoms with van der Waals surface area (Å²) in [6.45, 7) is 4.92. The number of benzene rings is 1. The Bertz CT molecular complexity index is 515. The van der Waals surface area contributed by atoms with Crippen LogP contribution in [0, 0.1) is 0 Å². The average molecular weight is 331 g/mol. The molecular formula is C19H29N3O2. The number of likely N-dealkylation sites (N-methyl/N-ethyl adjacent to an activating group) is 1. The molecular weight excluding hydrogens is 302 g/mol. The summed E-state index contributed by atoms with van der Waals surface area (Å²) < 4.78 is 5.36. The number of hydrogen-bond acceptors (Lipinski definition) is 4. The predicted molar refractivity (Wildman–Crippen MR) is 94.9 cm³/mol. The van der Waals surface area contributed by atoms with E-state index in [1.54, 1.807) is 0 Å². The second-order valence-corrected chi connectivity index (χ2v) is 7.06. The van der Waals surface area contributed by atoms with Gasteiger partial charge in [-0.1, -0.05) is 30.3 Å². The number of hydrogen-bond donors (Lipinski definition) is 1. The highest BCUT2D eigenvalue weighted by atomic mass is 16.5. The first-order valence-corrected chi connectivity index (χ1v) is 9.10. The van der Waals surface area contributed by atoms with Crippen molar-refractivity contribution in [3.8, 4) is 0 Å². The lowest BCUT2D eigenvalue weighted by atomic mass is 9.89. The second kappa shape index (κ2) is 8.49. The van der Waals surface area contributed by atoms with Crippen molar-refractivity contribution < 1.29 is 9.53 Å². The zero-order chi connectivity index (χ0) is 16.8. The van der Waals surface area contributed by atoms with Crippen LogP contribution in [0.2, 0.25) is 0 Å². The number of piperazine rings is 1. The number of ether oxygens (including phenoxy) is 1. The lowest BCUT2D eigenvalue weighted by Crippen LogP contribution is -2.52. The Morgan fingerprint density at radius 1 is 1.17 bits per heavy atom. The summed E-state index contributed by atoms with van der Waals surface area (Å²) in [4.78, 5) is 17.0. The summed E-state index contributed by atoms with van der Waals surface area (Å²) in [6, 6.07) is 10.7. The van der Waals surface area contributed by atoms with Crippen molar-refractivity contribution >= 4 is 6.09 Å². The molecule has 1 aliphatic heterocycles. The molecule has 2 aliphatic rings. The summed E-state index contributed by atoms with van der Waals surface area (Å²) in [5, 5.41) is 3.07. The standard InChI is InChI=1S/C19H29N3O2/c1-21-10-12-22(13-11-21)18-9-5-8-17(14-18)20-19(23)24-15-16-6-3-2-4-7-16/h2-4,6-7,17-18H,5,8-15H2,1H3,(H,20,23)/t17?,18-/m0/s1. The third kappa shape index (κ3) is 4.95. The van der Waals surface area contributed by atoms with Crippen LogP contribution in [0.5, 0.6) is 0 Å². The van der Waals surface area contributed by atoms with Gasteiger partial charge in [0.05, 0.1) is 0 Å². The average Bonchev–Trinajstić information content (AvgIpc) is 2.62. The van der Waals surface area contributed by atoms with Crippen LogP contribution in [0.15, 0.2) is 30.3 Å². The number of nitrogens with one attached hydrogen (secondary N) is 1. The molecule has 132 valence electrons. The fourth-order valence-corrected chi connectivity index (χ4v) is 3.75. The lowest BCUT2D eigenvalue weighted by Gasteiger charge is -2.41. The third-order valence-electron chi connectivity index (χ3n) is 5.24. The van der Waals surface area contributed by atoms with Crippen LogP contribution in [0.1, 0.15) is 31.2 Å². The molecule has 2 atom stereocenters. The van der Waals surface area contributed by atoms with E-state index in [9.17, 15) is 4.79 Å². The van der Waals surface area contributed by atoms with E-state index < -0.39 is 0 Å². The van der Waals surface area contributed by atoms with E-state index in [0.29, 0.717) is 12.6 Å². The largest absolute Gasteiger partial charge is 0.445 e. The fourth-order valence-electron chi connectivity index (χ4n) is 3.75. The van der Waals surface area contributed by atoms with Gasteiger partial charge < -0.3 is 15.0 Å². The predicted octanol–water partition coefficient (Wildman–Crippen LogP) is 2.47. The van der Waals surface area contributed by atoms with Crippen molar-refractivity contribution in [3.05, 3.63) is 35.9 Å². The van der Waals surface area contributed by atoms with Crippen molar-refractivity contribution in [3.63, 3.8) is 0 Å². The number of rotatable bonds is 4. The Labute approximate surface area is 145 Å². The maximum absolute atomic E-state index is 12.1. The number of carbonyl (C=O) groups is 1. The Morgan fingerprint density at radius 2 is 1.92 bits per heavy atom. The van der Waals surface area contributed by atoms with Crippen LogP contribution in [-0.4, -0.2) is 61.2 Å². The van der Waals surface area contributed by atoms with E-state index in [-0.39, 0.29) is 12.1 Å². The third-order valence-corrected chi connectivity index (χ3v) is 5.24. The van der Waals surface area contributed by atoms with Crippen molar-refractivity contribution in [2.75, 3.05) is 33.2 Å². The highest BCUT2D eigenvalue weighted by Gasteiger charge is 2.29. The molecule has 3 rings (SSSR count). The molecule has 1 amide bonds. The molecule has 24 heavy (non-hydrogen) atoms. The van der Waals surface area contributed by atoms with Crippen molar-refractivity contribution in [1.82, 2.24) is 15.1 Å². The highest BCUT2D eigenvalue weighted by molar-refractivity contribution is 5.67. The summed E-state index contributed by atoms with van der Waals surface area (Å²) in [6.07, 6.45) is 4.25. The SMILES string of the molecule is CN1CCN([C@H]2CCCC(NC(=O)OCc3ccccc3)C2)CC1. The molecule has 2 fully saturated rings. The molecule has 0 aromatic heterocycles. The molecule has 5 nitrogen and oxygen atoms in total. The maximum atomic E-state index is 12.1. The molecule has 1 aromatic rings. The molecule has 1 unspecified atom stereocenters. The summed E-state index contributed by atoms with van der Waals surface area (Å²) in [5.74, 6) is 0. The molecule has 1 saturated heterocycles. The summed E-state index contributed by atoms with van der Waals surface area (Å²) in [5.41, 5.74) is 1.02. The van der Waals surface area contributed by atoms with Crippen LogP contribution in [-0.2, 0) is 11.3 Å². The van der Waals surface area contributed by atoms with Gasteiger partial charge in [0.1, 0.15) is 6.61 Å². The smallest absolute Gasteiger partial charge is 0.407 e. The van der Waals surface area contributed by atoms with Crippen molar-refractivity contribution in [2.24, 2.45) is 0 Å². The van der Waals surface area contributed by atoms with Gasteiger partial charge in [-0.15, -0.1) is 0 Å². The molecule has 5 heteroatoms. The minimum absolute atomic E-state index is 0.242. The molecule has 0 radical (unpaired) electrons. The van der Waals surface area contributed by atoms with Crippen molar-refractivity contribution in [1.29, 1.82) is 0 Å². The first-order chi connectivity index (χ1) is 11.7. The zero-order valence-corrected chi connectivity index (χ0v) is 14.6. The second-order valence-electron chi connectivity index (χ2n) is 7.06. The minimum Gasteiger partial charge on any atom is -0.445 e. The minimum atomic E-state index is -0.289. The Kier molecular flexibility index (Phi) is 6.10. The number of carbonyl (C=O) groups excluding carboxylic acids is 1.